The summed E-state index contributed by atoms with van der Waals surface area (Å²) in [6, 6.07) is 17.0. The monoisotopic (exact) mass is 369 g/mol. The standard InChI is InChI=1S/C19H19N3O3S/c1-13(25-15-9-4-3-5-10-15)18(23)20-19-22-21-17(26-19)12-14-8-6-7-11-16(14)24-2/h3-11,13H,12H2,1-2H3,(H,20,22,23)/t13-/m0/s1. The Bertz CT molecular complexity index is 867. The second-order valence-electron chi connectivity index (χ2n) is 5.55. The number of para-hydroxylation sites is 2. The van der Waals surface area contributed by atoms with Gasteiger partial charge in [0, 0.05) is 12.0 Å². The van der Waals surface area contributed by atoms with E-state index in [1.165, 1.54) is 11.3 Å². The van der Waals surface area contributed by atoms with E-state index in [1.807, 2.05) is 42.5 Å². The fraction of sp³-hybridized carbons (Fsp3) is 0.211. The molecule has 0 fully saturated rings. The topological polar surface area (TPSA) is 73.3 Å². The number of anilines is 1. The first-order valence-corrected chi connectivity index (χ1v) is 8.94. The molecule has 134 valence electrons. The van der Waals surface area contributed by atoms with Gasteiger partial charge in [0.25, 0.3) is 5.91 Å². The Morgan fingerprint density at radius 2 is 1.85 bits per heavy atom. The number of nitrogens with one attached hydrogen (secondary N) is 1. The number of hydrogen-bond donors (Lipinski definition) is 1. The predicted octanol–water partition coefficient (Wildman–Crippen LogP) is 3.54. The minimum atomic E-state index is -0.640. The highest BCUT2D eigenvalue weighted by Crippen LogP contribution is 2.24. The van der Waals surface area contributed by atoms with Crippen LogP contribution in [0.1, 0.15) is 17.5 Å². The van der Waals surface area contributed by atoms with Crippen LogP contribution in [0.3, 0.4) is 0 Å². The van der Waals surface area contributed by atoms with Gasteiger partial charge in [-0.25, -0.2) is 0 Å². The van der Waals surface area contributed by atoms with E-state index in [1.54, 1.807) is 26.2 Å². The maximum Gasteiger partial charge on any atom is 0.266 e. The van der Waals surface area contributed by atoms with Crippen LogP contribution in [0.2, 0.25) is 0 Å². The van der Waals surface area contributed by atoms with E-state index in [2.05, 4.69) is 15.5 Å². The van der Waals surface area contributed by atoms with Crippen molar-refractivity contribution in [1.82, 2.24) is 10.2 Å². The van der Waals surface area contributed by atoms with Gasteiger partial charge >= 0.3 is 0 Å². The van der Waals surface area contributed by atoms with E-state index in [4.69, 9.17) is 9.47 Å². The summed E-state index contributed by atoms with van der Waals surface area (Å²) in [7, 11) is 1.64. The first-order chi connectivity index (χ1) is 12.7. The lowest BCUT2D eigenvalue weighted by Crippen LogP contribution is -2.30. The highest BCUT2D eigenvalue weighted by Gasteiger charge is 2.17. The van der Waals surface area contributed by atoms with Crippen molar-refractivity contribution in [2.24, 2.45) is 0 Å². The number of carbonyl (C=O) groups is 1. The van der Waals surface area contributed by atoms with Crippen LogP contribution < -0.4 is 14.8 Å². The molecule has 1 amide bonds. The molecule has 6 nitrogen and oxygen atoms in total. The Hall–Kier alpha value is -2.93. The number of nitrogens with zero attached hydrogens (tertiary/aromatic N) is 2. The van der Waals surface area contributed by atoms with Crippen LogP contribution in [0.15, 0.2) is 54.6 Å². The van der Waals surface area contributed by atoms with Gasteiger partial charge in [-0.05, 0) is 25.1 Å². The Morgan fingerprint density at radius 3 is 2.62 bits per heavy atom. The van der Waals surface area contributed by atoms with E-state index in [9.17, 15) is 4.79 Å². The van der Waals surface area contributed by atoms with Gasteiger partial charge in [0.1, 0.15) is 16.5 Å². The molecule has 1 heterocycles. The summed E-state index contributed by atoms with van der Waals surface area (Å²) < 4.78 is 11.0. The van der Waals surface area contributed by atoms with E-state index in [0.717, 1.165) is 16.3 Å². The van der Waals surface area contributed by atoms with Crippen molar-refractivity contribution >= 4 is 22.4 Å². The molecule has 0 bridgehead atoms. The van der Waals surface area contributed by atoms with Crippen molar-refractivity contribution in [3.8, 4) is 11.5 Å². The predicted molar refractivity (Wildman–Crippen MR) is 101 cm³/mol. The average Bonchev–Trinajstić information content (AvgIpc) is 3.09. The van der Waals surface area contributed by atoms with Crippen LogP contribution in [0, 0.1) is 0 Å². The molecule has 1 aromatic heterocycles. The zero-order valence-corrected chi connectivity index (χ0v) is 15.3. The molecule has 26 heavy (non-hydrogen) atoms. The van der Waals surface area contributed by atoms with Crippen molar-refractivity contribution in [3.05, 3.63) is 65.2 Å². The number of rotatable bonds is 7. The molecule has 0 aliphatic rings. The van der Waals surface area contributed by atoms with Crippen molar-refractivity contribution in [3.63, 3.8) is 0 Å². The maximum atomic E-state index is 12.3. The van der Waals surface area contributed by atoms with Crippen LogP contribution in [0.25, 0.3) is 0 Å². The Balaban J connectivity index is 1.60. The number of carbonyl (C=O) groups excluding carboxylic acids is 1. The van der Waals surface area contributed by atoms with Crippen LogP contribution in [0.5, 0.6) is 11.5 Å². The minimum absolute atomic E-state index is 0.270. The van der Waals surface area contributed by atoms with Gasteiger partial charge in [-0.2, -0.15) is 0 Å². The Morgan fingerprint density at radius 1 is 1.12 bits per heavy atom. The number of benzene rings is 2. The fourth-order valence-corrected chi connectivity index (χ4v) is 3.12. The Labute approximate surface area is 155 Å². The van der Waals surface area contributed by atoms with Gasteiger partial charge < -0.3 is 9.47 Å². The molecule has 2 aromatic carbocycles. The molecule has 0 spiro atoms. The molecule has 3 aromatic rings. The van der Waals surface area contributed by atoms with Gasteiger partial charge in [0.2, 0.25) is 5.13 Å². The second-order valence-corrected chi connectivity index (χ2v) is 6.61. The smallest absolute Gasteiger partial charge is 0.266 e. The van der Waals surface area contributed by atoms with Crippen LogP contribution in [0.4, 0.5) is 5.13 Å². The molecule has 0 unspecified atom stereocenters. The van der Waals surface area contributed by atoms with E-state index >= 15 is 0 Å². The largest absolute Gasteiger partial charge is 0.496 e. The van der Waals surface area contributed by atoms with Crippen LogP contribution in [-0.4, -0.2) is 29.3 Å². The zero-order chi connectivity index (χ0) is 18.4. The first kappa shape index (κ1) is 17.9. The lowest BCUT2D eigenvalue weighted by molar-refractivity contribution is -0.122. The molecule has 1 atom stereocenters. The van der Waals surface area contributed by atoms with Gasteiger partial charge in [-0.1, -0.05) is 47.7 Å². The lowest BCUT2D eigenvalue weighted by atomic mass is 10.1. The number of hydrogen-bond acceptors (Lipinski definition) is 6. The molecule has 0 aliphatic heterocycles. The lowest BCUT2D eigenvalue weighted by Gasteiger charge is -2.13. The van der Waals surface area contributed by atoms with Crippen molar-refractivity contribution in [2.45, 2.75) is 19.4 Å². The fourth-order valence-electron chi connectivity index (χ4n) is 2.35. The quantitative estimate of drug-likeness (QED) is 0.689. The average molecular weight is 369 g/mol. The third-order valence-electron chi connectivity index (χ3n) is 3.66. The maximum absolute atomic E-state index is 12.3. The molecule has 3 rings (SSSR count). The third-order valence-corrected chi connectivity index (χ3v) is 4.50. The third kappa shape index (κ3) is 4.58. The van der Waals surface area contributed by atoms with Gasteiger partial charge in [0.15, 0.2) is 6.10 Å². The van der Waals surface area contributed by atoms with E-state index in [-0.39, 0.29) is 5.91 Å². The van der Waals surface area contributed by atoms with Crippen molar-refractivity contribution in [2.75, 3.05) is 12.4 Å². The normalized spacial score (nSPS) is 11.6. The summed E-state index contributed by atoms with van der Waals surface area (Å²) in [5.41, 5.74) is 1.02. The number of ether oxygens (including phenoxy) is 2. The van der Waals surface area contributed by atoms with E-state index < -0.39 is 6.10 Å². The van der Waals surface area contributed by atoms with Crippen LogP contribution >= 0.6 is 11.3 Å². The number of aromatic nitrogens is 2. The SMILES string of the molecule is COc1ccccc1Cc1nnc(NC(=O)[C@H](C)Oc2ccccc2)s1. The second kappa shape index (κ2) is 8.44. The molecule has 1 N–H and O–H groups in total. The van der Waals surface area contributed by atoms with Gasteiger partial charge in [0.05, 0.1) is 7.11 Å². The highest BCUT2D eigenvalue weighted by molar-refractivity contribution is 7.15. The summed E-state index contributed by atoms with van der Waals surface area (Å²) in [6.45, 7) is 1.69. The summed E-state index contributed by atoms with van der Waals surface area (Å²) in [5.74, 6) is 1.18. The molecular weight excluding hydrogens is 350 g/mol. The van der Waals surface area contributed by atoms with Crippen molar-refractivity contribution < 1.29 is 14.3 Å². The highest BCUT2D eigenvalue weighted by atomic mass is 32.1. The molecule has 0 aliphatic carbocycles. The Kier molecular flexibility index (Phi) is 5.80. The molecule has 0 radical (unpaired) electrons. The zero-order valence-electron chi connectivity index (χ0n) is 14.5. The molecule has 0 saturated carbocycles. The molecular formula is C19H19N3O3S. The van der Waals surface area contributed by atoms with Gasteiger partial charge in [-0.15, -0.1) is 10.2 Å². The van der Waals surface area contributed by atoms with Crippen molar-refractivity contribution in [1.29, 1.82) is 0 Å². The summed E-state index contributed by atoms with van der Waals surface area (Å²) in [4.78, 5) is 12.3. The number of methoxy groups -OCH3 is 1. The molecule has 0 saturated heterocycles. The van der Waals surface area contributed by atoms with E-state index in [0.29, 0.717) is 17.3 Å². The number of amides is 1. The first-order valence-electron chi connectivity index (χ1n) is 8.12. The molecule has 7 heteroatoms. The summed E-state index contributed by atoms with van der Waals surface area (Å²) >= 11 is 1.33. The van der Waals surface area contributed by atoms with Gasteiger partial charge in [-0.3, -0.25) is 10.1 Å². The minimum Gasteiger partial charge on any atom is -0.496 e. The van der Waals surface area contributed by atoms with Crippen LogP contribution in [-0.2, 0) is 11.2 Å². The summed E-state index contributed by atoms with van der Waals surface area (Å²) in [6.07, 6.45) is -0.0490. The summed E-state index contributed by atoms with van der Waals surface area (Å²) in [5, 5.41) is 12.2.